The summed E-state index contributed by atoms with van der Waals surface area (Å²) in [6.07, 6.45) is 9.75. The highest BCUT2D eigenvalue weighted by Crippen LogP contribution is 2.35. The third-order valence-corrected chi connectivity index (χ3v) is 4.81. The molecule has 3 unspecified atom stereocenters. The Morgan fingerprint density at radius 1 is 1.12 bits per heavy atom. The summed E-state index contributed by atoms with van der Waals surface area (Å²) in [4.78, 5) is 2.69. The molecule has 17 heavy (non-hydrogen) atoms. The van der Waals surface area contributed by atoms with Crippen molar-refractivity contribution in [3.8, 4) is 0 Å². The second-order valence-electron chi connectivity index (χ2n) is 6.11. The standard InChI is InChI=1S/C15H30N2/c1-4-10-16-14-9-6-12(5-2)11-15(14)17(3)13-7-8-13/h12-16H,4-11H2,1-3H3. The van der Waals surface area contributed by atoms with Gasteiger partial charge in [-0.1, -0.05) is 20.3 Å². The Hall–Kier alpha value is -0.0800. The average molecular weight is 238 g/mol. The average Bonchev–Trinajstić information content (AvgIpc) is 3.19. The summed E-state index contributed by atoms with van der Waals surface area (Å²) in [5, 5.41) is 3.79. The van der Waals surface area contributed by atoms with E-state index in [-0.39, 0.29) is 0 Å². The SMILES string of the molecule is CCCNC1CCC(CC)CC1N(C)C1CC1. The molecule has 100 valence electrons. The van der Waals surface area contributed by atoms with Crippen LogP contribution in [0.25, 0.3) is 0 Å². The Morgan fingerprint density at radius 3 is 2.47 bits per heavy atom. The van der Waals surface area contributed by atoms with E-state index < -0.39 is 0 Å². The first-order chi connectivity index (χ1) is 8.26. The van der Waals surface area contributed by atoms with Gasteiger partial charge in [-0.05, 0) is 58.0 Å². The summed E-state index contributed by atoms with van der Waals surface area (Å²) < 4.78 is 0. The zero-order chi connectivity index (χ0) is 12.3. The zero-order valence-corrected chi connectivity index (χ0v) is 11.9. The van der Waals surface area contributed by atoms with Crippen LogP contribution in [0.1, 0.15) is 58.8 Å². The van der Waals surface area contributed by atoms with Gasteiger partial charge >= 0.3 is 0 Å². The van der Waals surface area contributed by atoms with Gasteiger partial charge < -0.3 is 5.32 Å². The van der Waals surface area contributed by atoms with Crippen LogP contribution < -0.4 is 5.32 Å². The van der Waals surface area contributed by atoms with E-state index in [1.165, 1.54) is 51.5 Å². The second-order valence-corrected chi connectivity index (χ2v) is 6.11. The molecule has 0 aromatic rings. The van der Waals surface area contributed by atoms with Gasteiger partial charge in [0.05, 0.1) is 0 Å². The zero-order valence-electron chi connectivity index (χ0n) is 11.9. The van der Waals surface area contributed by atoms with Crippen molar-refractivity contribution in [2.75, 3.05) is 13.6 Å². The molecule has 1 N–H and O–H groups in total. The molecule has 0 aliphatic heterocycles. The smallest absolute Gasteiger partial charge is 0.0251 e. The van der Waals surface area contributed by atoms with E-state index in [1.54, 1.807) is 0 Å². The summed E-state index contributed by atoms with van der Waals surface area (Å²) in [5.74, 6) is 0.973. The molecule has 0 aromatic carbocycles. The Bertz CT molecular complexity index is 225. The predicted octanol–water partition coefficient (Wildman–Crippen LogP) is 3.03. The Balaban J connectivity index is 1.92. The third kappa shape index (κ3) is 3.45. The van der Waals surface area contributed by atoms with E-state index in [0.29, 0.717) is 0 Å². The first-order valence-corrected chi connectivity index (χ1v) is 7.71. The van der Waals surface area contributed by atoms with Crippen molar-refractivity contribution in [3.05, 3.63) is 0 Å². The van der Waals surface area contributed by atoms with Crippen LogP contribution in [0.2, 0.25) is 0 Å². The predicted molar refractivity (Wildman–Crippen MR) is 74.3 cm³/mol. The molecule has 2 fully saturated rings. The maximum atomic E-state index is 3.79. The summed E-state index contributed by atoms with van der Waals surface area (Å²) in [6.45, 7) is 5.82. The second kappa shape index (κ2) is 6.19. The molecule has 2 nitrogen and oxygen atoms in total. The Morgan fingerprint density at radius 2 is 1.88 bits per heavy atom. The summed E-state index contributed by atoms with van der Waals surface area (Å²) in [7, 11) is 2.36. The molecule has 2 aliphatic rings. The molecular weight excluding hydrogens is 208 g/mol. The maximum absolute atomic E-state index is 3.79. The lowest BCUT2D eigenvalue weighted by Crippen LogP contribution is -2.52. The fraction of sp³-hybridized carbons (Fsp3) is 1.00. The van der Waals surface area contributed by atoms with Crippen molar-refractivity contribution in [1.29, 1.82) is 0 Å². The molecule has 0 saturated heterocycles. The lowest BCUT2D eigenvalue weighted by molar-refractivity contribution is 0.112. The molecule has 0 amide bonds. The first kappa shape index (κ1) is 13.4. The van der Waals surface area contributed by atoms with E-state index in [2.05, 4.69) is 31.1 Å². The fourth-order valence-electron chi connectivity index (χ4n) is 3.37. The number of nitrogens with one attached hydrogen (secondary N) is 1. The summed E-state index contributed by atoms with van der Waals surface area (Å²) in [5.41, 5.74) is 0. The minimum absolute atomic E-state index is 0.753. The normalized spacial score (nSPS) is 34.2. The highest BCUT2D eigenvalue weighted by molar-refractivity contribution is 4.95. The molecule has 0 bridgehead atoms. The van der Waals surface area contributed by atoms with Crippen molar-refractivity contribution in [1.82, 2.24) is 10.2 Å². The lowest BCUT2D eigenvalue weighted by Gasteiger charge is -2.42. The minimum atomic E-state index is 0.753. The van der Waals surface area contributed by atoms with Crippen LogP contribution in [0.15, 0.2) is 0 Å². The van der Waals surface area contributed by atoms with E-state index in [9.17, 15) is 0 Å². The molecule has 0 spiro atoms. The van der Waals surface area contributed by atoms with Gasteiger partial charge in [0.25, 0.3) is 0 Å². The van der Waals surface area contributed by atoms with Gasteiger partial charge in [-0.15, -0.1) is 0 Å². The number of hydrogen-bond donors (Lipinski definition) is 1. The highest BCUT2D eigenvalue weighted by Gasteiger charge is 2.37. The topological polar surface area (TPSA) is 15.3 Å². The van der Waals surface area contributed by atoms with Gasteiger partial charge in [-0.2, -0.15) is 0 Å². The molecule has 2 rings (SSSR count). The summed E-state index contributed by atoms with van der Waals surface area (Å²) >= 11 is 0. The fourth-order valence-corrected chi connectivity index (χ4v) is 3.37. The van der Waals surface area contributed by atoms with E-state index >= 15 is 0 Å². The largest absolute Gasteiger partial charge is 0.312 e. The molecule has 0 radical (unpaired) electrons. The van der Waals surface area contributed by atoms with Crippen LogP contribution in [0.3, 0.4) is 0 Å². The molecule has 0 aromatic heterocycles. The van der Waals surface area contributed by atoms with E-state index in [0.717, 1.165) is 24.0 Å². The van der Waals surface area contributed by atoms with Crippen LogP contribution >= 0.6 is 0 Å². The number of likely N-dealkylation sites (N-methyl/N-ethyl adjacent to an activating group) is 1. The van der Waals surface area contributed by atoms with Gasteiger partial charge in [-0.25, -0.2) is 0 Å². The van der Waals surface area contributed by atoms with Crippen LogP contribution in [0.4, 0.5) is 0 Å². The highest BCUT2D eigenvalue weighted by atomic mass is 15.2. The van der Waals surface area contributed by atoms with Gasteiger partial charge in [0.2, 0.25) is 0 Å². The minimum Gasteiger partial charge on any atom is -0.312 e. The van der Waals surface area contributed by atoms with Crippen LogP contribution in [-0.4, -0.2) is 36.6 Å². The van der Waals surface area contributed by atoms with Crippen molar-refractivity contribution < 1.29 is 0 Å². The van der Waals surface area contributed by atoms with Gasteiger partial charge in [0.1, 0.15) is 0 Å². The molecular formula is C15H30N2. The number of rotatable bonds is 6. The van der Waals surface area contributed by atoms with Crippen molar-refractivity contribution in [2.45, 2.75) is 76.9 Å². The molecule has 2 saturated carbocycles. The Kier molecular flexibility index (Phi) is 4.87. The van der Waals surface area contributed by atoms with Gasteiger partial charge in [0.15, 0.2) is 0 Å². The van der Waals surface area contributed by atoms with Crippen LogP contribution in [0, 0.1) is 5.92 Å². The van der Waals surface area contributed by atoms with Crippen molar-refractivity contribution in [3.63, 3.8) is 0 Å². The Labute approximate surface area is 107 Å². The maximum Gasteiger partial charge on any atom is 0.0251 e. The quantitative estimate of drug-likeness (QED) is 0.765. The van der Waals surface area contributed by atoms with Crippen molar-refractivity contribution in [2.24, 2.45) is 5.92 Å². The van der Waals surface area contributed by atoms with E-state index in [1.807, 2.05) is 0 Å². The van der Waals surface area contributed by atoms with E-state index in [4.69, 9.17) is 0 Å². The summed E-state index contributed by atoms with van der Waals surface area (Å²) in [6, 6.07) is 2.46. The number of nitrogens with zero attached hydrogens (tertiary/aromatic N) is 1. The monoisotopic (exact) mass is 238 g/mol. The van der Waals surface area contributed by atoms with Crippen LogP contribution in [0.5, 0.6) is 0 Å². The van der Waals surface area contributed by atoms with Gasteiger partial charge in [0, 0.05) is 18.1 Å². The molecule has 2 heteroatoms. The van der Waals surface area contributed by atoms with Crippen molar-refractivity contribution >= 4 is 0 Å². The number of hydrogen-bond acceptors (Lipinski definition) is 2. The molecule has 2 aliphatic carbocycles. The molecule has 0 heterocycles. The van der Waals surface area contributed by atoms with Gasteiger partial charge in [-0.3, -0.25) is 4.90 Å². The van der Waals surface area contributed by atoms with Crippen LogP contribution in [-0.2, 0) is 0 Å². The third-order valence-electron chi connectivity index (χ3n) is 4.81. The first-order valence-electron chi connectivity index (χ1n) is 7.71. The lowest BCUT2D eigenvalue weighted by atomic mass is 9.80. The molecule has 3 atom stereocenters.